The predicted molar refractivity (Wildman–Crippen MR) is 102 cm³/mol. The fourth-order valence-corrected chi connectivity index (χ4v) is 3.29. The van der Waals surface area contributed by atoms with Crippen molar-refractivity contribution in [3.8, 4) is 0 Å². The van der Waals surface area contributed by atoms with E-state index in [4.69, 9.17) is 4.42 Å². The average Bonchev–Trinajstić information content (AvgIpc) is 3.29. The third-order valence-corrected chi connectivity index (χ3v) is 5.04. The van der Waals surface area contributed by atoms with E-state index in [1.54, 1.807) is 11.2 Å². The molecule has 0 fully saturated rings. The number of hydrogen-bond acceptors (Lipinski definition) is 3. The molecular formula is C21H21N3O2. The number of hydrogen-bond donors (Lipinski definition) is 0. The third kappa shape index (κ3) is 2.65. The molecule has 132 valence electrons. The van der Waals surface area contributed by atoms with Gasteiger partial charge < -0.3 is 13.9 Å². The van der Waals surface area contributed by atoms with Gasteiger partial charge in [-0.05, 0) is 38.1 Å². The van der Waals surface area contributed by atoms with E-state index in [0.717, 1.165) is 27.8 Å². The van der Waals surface area contributed by atoms with Gasteiger partial charge in [0.1, 0.15) is 17.4 Å². The van der Waals surface area contributed by atoms with Crippen LogP contribution in [0.2, 0.25) is 0 Å². The second-order valence-corrected chi connectivity index (χ2v) is 6.63. The molecule has 4 rings (SSSR count). The molecule has 1 amide bonds. The molecule has 0 radical (unpaired) electrons. The zero-order valence-electron chi connectivity index (χ0n) is 15.1. The smallest absolute Gasteiger partial charge is 0.245 e. The Bertz CT molecular complexity index is 1050. The first kappa shape index (κ1) is 16.4. The maximum Gasteiger partial charge on any atom is 0.245 e. The zero-order chi connectivity index (χ0) is 18.3. The number of fused-ring (bicyclic) bond motifs is 2. The van der Waals surface area contributed by atoms with E-state index in [-0.39, 0.29) is 18.0 Å². The van der Waals surface area contributed by atoms with Crippen molar-refractivity contribution in [3.05, 3.63) is 66.7 Å². The first-order chi connectivity index (χ1) is 12.6. The van der Waals surface area contributed by atoms with E-state index in [1.807, 2.05) is 80.1 Å². The summed E-state index contributed by atoms with van der Waals surface area (Å²) in [5.74, 6) is 0.797. The highest BCUT2D eigenvalue weighted by atomic mass is 16.3. The van der Waals surface area contributed by atoms with E-state index >= 15 is 0 Å². The highest BCUT2D eigenvalue weighted by molar-refractivity contribution is 5.84. The van der Waals surface area contributed by atoms with Crippen molar-refractivity contribution < 1.29 is 9.21 Å². The van der Waals surface area contributed by atoms with Gasteiger partial charge in [-0.1, -0.05) is 30.3 Å². The van der Waals surface area contributed by atoms with Crippen LogP contribution in [0.5, 0.6) is 0 Å². The summed E-state index contributed by atoms with van der Waals surface area (Å²) < 4.78 is 7.84. The minimum atomic E-state index is -0.348. The molecule has 0 N–H and O–H groups in total. The minimum absolute atomic E-state index is 0.0149. The van der Waals surface area contributed by atoms with Crippen molar-refractivity contribution in [2.75, 3.05) is 7.05 Å². The fraction of sp³-hybridized carbons (Fsp3) is 0.238. The van der Waals surface area contributed by atoms with Crippen LogP contribution in [-0.4, -0.2) is 27.4 Å². The van der Waals surface area contributed by atoms with Crippen LogP contribution < -0.4 is 0 Å². The lowest BCUT2D eigenvalue weighted by atomic mass is 10.1. The van der Waals surface area contributed by atoms with Crippen molar-refractivity contribution in [3.63, 3.8) is 0 Å². The summed E-state index contributed by atoms with van der Waals surface area (Å²) in [6, 6.07) is 17.2. The summed E-state index contributed by atoms with van der Waals surface area (Å²) in [5.41, 5.74) is 2.68. The van der Waals surface area contributed by atoms with Crippen LogP contribution in [0.3, 0.4) is 0 Å². The molecule has 5 heteroatoms. The van der Waals surface area contributed by atoms with Gasteiger partial charge in [-0.25, -0.2) is 4.98 Å². The number of carbonyl (C=O) groups is 1. The van der Waals surface area contributed by atoms with Gasteiger partial charge in [-0.3, -0.25) is 4.79 Å². The molecule has 2 aromatic carbocycles. The van der Waals surface area contributed by atoms with Gasteiger partial charge in [0.2, 0.25) is 5.91 Å². The molecule has 5 nitrogen and oxygen atoms in total. The van der Waals surface area contributed by atoms with Crippen molar-refractivity contribution >= 4 is 27.9 Å². The molecule has 0 saturated carbocycles. The number of benzene rings is 2. The van der Waals surface area contributed by atoms with Gasteiger partial charge in [0.25, 0.3) is 0 Å². The summed E-state index contributed by atoms with van der Waals surface area (Å²) in [4.78, 5) is 19.2. The lowest BCUT2D eigenvalue weighted by molar-refractivity contribution is -0.135. The predicted octanol–water partition coefficient (Wildman–Crippen LogP) is 4.56. The first-order valence-corrected chi connectivity index (χ1v) is 8.73. The molecule has 2 aromatic heterocycles. The van der Waals surface area contributed by atoms with Crippen molar-refractivity contribution in [1.82, 2.24) is 14.5 Å². The van der Waals surface area contributed by atoms with Gasteiger partial charge >= 0.3 is 0 Å². The quantitative estimate of drug-likeness (QED) is 0.544. The third-order valence-electron chi connectivity index (χ3n) is 5.04. The maximum absolute atomic E-state index is 13.1. The van der Waals surface area contributed by atoms with Crippen LogP contribution in [0.1, 0.15) is 31.7 Å². The summed E-state index contributed by atoms with van der Waals surface area (Å²) >= 11 is 0. The monoisotopic (exact) mass is 347 g/mol. The number of nitrogens with zero attached hydrogens (tertiary/aromatic N) is 3. The Morgan fingerprint density at radius 2 is 1.85 bits per heavy atom. The molecule has 0 unspecified atom stereocenters. The Kier molecular flexibility index (Phi) is 3.99. The molecule has 0 aliphatic rings. The van der Waals surface area contributed by atoms with Crippen LogP contribution in [-0.2, 0) is 4.79 Å². The Labute approximate surface area is 151 Å². The standard InChI is InChI=1S/C21H21N3O2/c1-14(20-12-16-8-4-7-11-19(16)26-20)23(3)21(25)15(2)24-13-22-17-9-5-6-10-18(17)24/h4-15H,1-3H3/t14-,15+/m1/s1. The van der Waals surface area contributed by atoms with Gasteiger partial charge in [-0.15, -0.1) is 0 Å². The second kappa shape index (κ2) is 6.33. The molecular weight excluding hydrogens is 326 g/mol. The van der Waals surface area contributed by atoms with Gasteiger partial charge in [0.05, 0.1) is 23.4 Å². The highest BCUT2D eigenvalue weighted by Gasteiger charge is 2.26. The number of rotatable bonds is 4. The number of furan rings is 1. The van der Waals surface area contributed by atoms with Crippen LogP contribution in [0.25, 0.3) is 22.0 Å². The lowest BCUT2D eigenvalue weighted by Gasteiger charge is -2.27. The van der Waals surface area contributed by atoms with Crippen molar-refractivity contribution in [2.45, 2.75) is 25.9 Å². The first-order valence-electron chi connectivity index (χ1n) is 8.73. The van der Waals surface area contributed by atoms with Crippen LogP contribution in [0.4, 0.5) is 0 Å². The van der Waals surface area contributed by atoms with E-state index in [2.05, 4.69) is 4.98 Å². The Hall–Kier alpha value is -3.08. The molecule has 4 aromatic rings. The molecule has 0 spiro atoms. The molecule has 0 aliphatic heterocycles. The SMILES string of the molecule is C[C@H](c1cc2ccccc2o1)N(C)C(=O)[C@H](C)n1cnc2ccccc21. The van der Waals surface area contributed by atoms with Crippen LogP contribution in [0, 0.1) is 0 Å². The number of para-hydroxylation sites is 3. The van der Waals surface area contributed by atoms with Crippen molar-refractivity contribution in [2.24, 2.45) is 0 Å². The normalized spacial score (nSPS) is 13.8. The number of likely N-dealkylation sites (N-methyl/N-ethyl adjacent to an activating group) is 1. The summed E-state index contributed by atoms with van der Waals surface area (Å²) in [6.07, 6.45) is 1.73. The molecule has 0 saturated heterocycles. The Morgan fingerprint density at radius 1 is 1.12 bits per heavy atom. The number of imidazole rings is 1. The Morgan fingerprint density at radius 3 is 2.65 bits per heavy atom. The number of amides is 1. The highest BCUT2D eigenvalue weighted by Crippen LogP contribution is 2.28. The fourth-order valence-electron chi connectivity index (χ4n) is 3.29. The molecule has 2 atom stereocenters. The van der Waals surface area contributed by atoms with Gasteiger partial charge in [0, 0.05) is 12.4 Å². The molecule has 26 heavy (non-hydrogen) atoms. The van der Waals surface area contributed by atoms with E-state index in [1.165, 1.54) is 0 Å². The van der Waals surface area contributed by atoms with Crippen molar-refractivity contribution in [1.29, 1.82) is 0 Å². The maximum atomic E-state index is 13.1. The number of carbonyl (C=O) groups excluding carboxylic acids is 1. The van der Waals surface area contributed by atoms with E-state index in [9.17, 15) is 4.79 Å². The van der Waals surface area contributed by atoms with E-state index in [0.29, 0.717) is 0 Å². The topological polar surface area (TPSA) is 51.3 Å². The summed E-state index contributed by atoms with van der Waals surface area (Å²) in [7, 11) is 1.82. The van der Waals surface area contributed by atoms with Crippen LogP contribution in [0.15, 0.2) is 65.3 Å². The summed E-state index contributed by atoms with van der Waals surface area (Å²) in [5, 5.41) is 1.05. The molecule has 2 heterocycles. The Balaban J connectivity index is 1.60. The second-order valence-electron chi connectivity index (χ2n) is 6.63. The van der Waals surface area contributed by atoms with Crippen LogP contribution >= 0.6 is 0 Å². The molecule has 0 aliphatic carbocycles. The lowest BCUT2D eigenvalue weighted by Crippen LogP contribution is -2.34. The largest absolute Gasteiger partial charge is 0.459 e. The zero-order valence-corrected chi connectivity index (χ0v) is 15.1. The minimum Gasteiger partial charge on any atom is -0.459 e. The van der Waals surface area contributed by atoms with E-state index < -0.39 is 0 Å². The average molecular weight is 347 g/mol. The molecule has 0 bridgehead atoms. The van der Waals surface area contributed by atoms with Gasteiger partial charge in [0.15, 0.2) is 0 Å². The summed E-state index contributed by atoms with van der Waals surface area (Å²) in [6.45, 7) is 3.88. The van der Waals surface area contributed by atoms with Gasteiger partial charge in [-0.2, -0.15) is 0 Å². The number of aromatic nitrogens is 2.